The van der Waals surface area contributed by atoms with Gasteiger partial charge in [-0.25, -0.2) is 4.98 Å². The minimum Gasteiger partial charge on any atom is -0.359 e. The smallest absolute Gasteiger partial charge is 0.253 e. The molecule has 2 rings (SSSR count). The lowest BCUT2D eigenvalue weighted by Crippen LogP contribution is -2.38. The molecule has 0 saturated heterocycles. The lowest BCUT2D eigenvalue weighted by Gasteiger charge is -2.24. The zero-order valence-corrected chi connectivity index (χ0v) is 14.5. The molecule has 0 bridgehead atoms. The number of rotatable bonds is 5. The Kier molecular flexibility index (Phi) is 5.85. The highest BCUT2D eigenvalue weighted by Gasteiger charge is 2.19. The molecular weight excluding hydrogens is 316 g/mol. The minimum absolute atomic E-state index is 0.107. The van der Waals surface area contributed by atoms with Crippen molar-refractivity contribution in [3.8, 4) is 17.2 Å². The van der Waals surface area contributed by atoms with E-state index in [-0.39, 0.29) is 24.3 Å². The van der Waals surface area contributed by atoms with Gasteiger partial charge in [-0.3, -0.25) is 9.59 Å². The van der Waals surface area contributed by atoms with E-state index in [1.807, 2.05) is 19.1 Å². The summed E-state index contributed by atoms with van der Waals surface area (Å²) in [6, 6.07) is 12.4. The predicted octanol–water partition coefficient (Wildman–Crippen LogP) is 2.22. The number of carbonyl (C=O) groups is 2. The summed E-state index contributed by atoms with van der Waals surface area (Å²) in [4.78, 5) is 29.8. The highest BCUT2D eigenvalue weighted by atomic mass is 16.2. The Hall–Kier alpha value is -3.20. The third-order valence-electron chi connectivity index (χ3n) is 4.06. The molecule has 0 fully saturated rings. The van der Waals surface area contributed by atoms with Gasteiger partial charge in [0.1, 0.15) is 11.8 Å². The van der Waals surface area contributed by atoms with Crippen LogP contribution in [0.3, 0.4) is 0 Å². The molecule has 2 amide bonds. The lowest BCUT2D eigenvalue weighted by molar-refractivity contribution is -0.121. The number of nitrogens with one attached hydrogen (secondary N) is 1. The Labute approximate surface area is 147 Å². The van der Waals surface area contributed by atoms with Crippen LogP contribution in [0.15, 0.2) is 42.6 Å². The first kappa shape index (κ1) is 18.1. The van der Waals surface area contributed by atoms with E-state index >= 15 is 0 Å². The van der Waals surface area contributed by atoms with Gasteiger partial charge in [0.25, 0.3) is 5.91 Å². The second-order valence-corrected chi connectivity index (χ2v) is 5.77. The normalized spacial score (nSPS) is 11.3. The van der Waals surface area contributed by atoms with Crippen LogP contribution < -0.4 is 5.32 Å². The van der Waals surface area contributed by atoms with Gasteiger partial charge >= 0.3 is 0 Å². The third kappa shape index (κ3) is 4.42. The Morgan fingerprint density at radius 1 is 1.28 bits per heavy atom. The molecule has 1 aromatic heterocycles. The fraction of sp³-hybridized carbons (Fsp3) is 0.263. The molecule has 1 aromatic carbocycles. The Morgan fingerprint density at radius 2 is 2.04 bits per heavy atom. The number of nitriles is 1. The first-order valence-corrected chi connectivity index (χ1v) is 7.90. The summed E-state index contributed by atoms with van der Waals surface area (Å²) in [6.07, 6.45) is 1.86. The maximum atomic E-state index is 12.7. The Bertz CT molecular complexity index is 809. The van der Waals surface area contributed by atoms with Crippen LogP contribution in [-0.2, 0) is 4.79 Å². The van der Waals surface area contributed by atoms with Gasteiger partial charge in [0, 0.05) is 43.9 Å². The molecule has 0 spiro atoms. The van der Waals surface area contributed by atoms with Gasteiger partial charge in [-0.15, -0.1) is 0 Å². The molecule has 0 aliphatic rings. The highest BCUT2D eigenvalue weighted by Crippen LogP contribution is 2.21. The highest BCUT2D eigenvalue weighted by molar-refractivity contribution is 5.95. The molecule has 0 saturated carbocycles. The summed E-state index contributed by atoms with van der Waals surface area (Å²) in [5.74, 6) is -0.260. The first-order valence-electron chi connectivity index (χ1n) is 7.90. The van der Waals surface area contributed by atoms with E-state index in [1.165, 1.54) is 0 Å². The number of amides is 2. The zero-order valence-electron chi connectivity index (χ0n) is 14.5. The summed E-state index contributed by atoms with van der Waals surface area (Å²) in [7, 11) is 3.26. The lowest BCUT2D eigenvalue weighted by atomic mass is 10.0. The maximum absolute atomic E-state index is 12.7. The van der Waals surface area contributed by atoms with Crippen LogP contribution in [0, 0.1) is 11.3 Å². The minimum atomic E-state index is -0.215. The van der Waals surface area contributed by atoms with Crippen molar-refractivity contribution in [3.63, 3.8) is 0 Å². The van der Waals surface area contributed by atoms with E-state index in [1.54, 1.807) is 55.5 Å². The SMILES string of the molecule is CNC(=O)C[C@H](C)N(C)C(=O)c1cccc(-c2ccc(C#N)nc2)c1. The number of hydrogen-bond donors (Lipinski definition) is 1. The van der Waals surface area contributed by atoms with Crippen LogP contribution in [-0.4, -0.2) is 41.8 Å². The number of carbonyl (C=O) groups excluding carboxylic acids is 2. The molecule has 1 heterocycles. The Balaban J connectivity index is 2.20. The van der Waals surface area contributed by atoms with Gasteiger partial charge in [-0.1, -0.05) is 12.1 Å². The molecule has 6 heteroatoms. The molecular formula is C19H20N4O2. The largest absolute Gasteiger partial charge is 0.359 e. The van der Waals surface area contributed by atoms with Gasteiger partial charge in [0.15, 0.2) is 0 Å². The Morgan fingerprint density at radius 3 is 2.64 bits per heavy atom. The molecule has 1 atom stereocenters. The quantitative estimate of drug-likeness (QED) is 0.907. The average molecular weight is 336 g/mol. The van der Waals surface area contributed by atoms with E-state index in [9.17, 15) is 9.59 Å². The summed E-state index contributed by atoms with van der Waals surface area (Å²) in [5, 5.41) is 11.4. The van der Waals surface area contributed by atoms with Crippen LogP contribution in [0.25, 0.3) is 11.1 Å². The molecule has 1 N–H and O–H groups in total. The van der Waals surface area contributed by atoms with E-state index in [4.69, 9.17) is 5.26 Å². The number of aromatic nitrogens is 1. The molecule has 6 nitrogen and oxygen atoms in total. The first-order chi connectivity index (χ1) is 12.0. The van der Waals surface area contributed by atoms with Gasteiger partial charge in [-0.2, -0.15) is 5.26 Å². The second-order valence-electron chi connectivity index (χ2n) is 5.77. The van der Waals surface area contributed by atoms with Crippen LogP contribution >= 0.6 is 0 Å². The van der Waals surface area contributed by atoms with E-state index in [0.29, 0.717) is 11.3 Å². The van der Waals surface area contributed by atoms with Crippen molar-refractivity contribution in [1.82, 2.24) is 15.2 Å². The van der Waals surface area contributed by atoms with Crippen LogP contribution in [0.4, 0.5) is 0 Å². The van der Waals surface area contributed by atoms with Crippen LogP contribution in [0.5, 0.6) is 0 Å². The number of nitrogens with zero attached hydrogens (tertiary/aromatic N) is 3. The number of hydrogen-bond acceptors (Lipinski definition) is 4. The van der Waals surface area contributed by atoms with Gasteiger partial charge < -0.3 is 10.2 Å². The average Bonchev–Trinajstić information content (AvgIpc) is 2.66. The van der Waals surface area contributed by atoms with Gasteiger partial charge in [-0.05, 0) is 36.8 Å². The summed E-state index contributed by atoms with van der Waals surface area (Å²) < 4.78 is 0. The molecule has 25 heavy (non-hydrogen) atoms. The van der Waals surface area contributed by atoms with Crippen molar-refractivity contribution in [2.75, 3.05) is 14.1 Å². The monoisotopic (exact) mass is 336 g/mol. The molecule has 0 unspecified atom stereocenters. The summed E-state index contributed by atoms with van der Waals surface area (Å²) in [5.41, 5.74) is 2.55. The number of benzene rings is 1. The van der Waals surface area contributed by atoms with Crippen molar-refractivity contribution >= 4 is 11.8 Å². The van der Waals surface area contributed by atoms with Crippen LogP contribution in [0.2, 0.25) is 0 Å². The molecule has 128 valence electrons. The van der Waals surface area contributed by atoms with Crippen molar-refractivity contribution in [2.45, 2.75) is 19.4 Å². The molecule has 2 aromatic rings. The predicted molar refractivity (Wildman–Crippen MR) is 94.6 cm³/mol. The molecule has 0 aliphatic carbocycles. The topological polar surface area (TPSA) is 86.1 Å². The van der Waals surface area contributed by atoms with Gasteiger partial charge in [0.05, 0.1) is 0 Å². The summed E-state index contributed by atoms with van der Waals surface area (Å²) in [6.45, 7) is 1.83. The van der Waals surface area contributed by atoms with E-state index in [2.05, 4.69) is 10.3 Å². The van der Waals surface area contributed by atoms with Crippen molar-refractivity contribution in [3.05, 3.63) is 53.9 Å². The van der Waals surface area contributed by atoms with E-state index < -0.39 is 0 Å². The van der Waals surface area contributed by atoms with Crippen molar-refractivity contribution in [2.24, 2.45) is 0 Å². The molecule has 0 aliphatic heterocycles. The van der Waals surface area contributed by atoms with Crippen molar-refractivity contribution < 1.29 is 9.59 Å². The fourth-order valence-electron chi connectivity index (χ4n) is 2.37. The maximum Gasteiger partial charge on any atom is 0.253 e. The third-order valence-corrected chi connectivity index (χ3v) is 4.06. The standard InChI is InChI=1S/C19H20N4O2/c1-13(9-18(24)21-2)23(3)19(25)15-6-4-5-14(10-15)16-7-8-17(11-20)22-12-16/h4-8,10,12-13H,9H2,1-3H3,(H,21,24)/t13-/m0/s1. The summed E-state index contributed by atoms with van der Waals surface area (Å²) >= 11 is 0. The van der Waals surface area contributed by atoms with Crippen LogP contribution in [0.1, 0.15) is 29.4 Å². The van der Waals surface area contributed by atoms with E-state index in [0.717, 1.165) is 11.1 Å². The molecule has 0 radical (unpaired) electrons. The fourth-order valence-corrected chi connectivity index (χ4v) is 2.37. The van der Waals surface area contributed by atoms with Gasteiger partial charge in [0.2, 0.25) is 5.91 Å². The number of pyridine rings is 1. The second kappa shape index (κ2) is 8.06. The van der Waals surface area contributed by atoms with Crippen molar-refractivity contribution in [1.29, 1.82) is 5.26 Å². The zero-order chi connectivity index (χ0) is 18.4.